The second kappa shape index (κ2) is 10.7. The normalized spacial score (nSPS) is 12.1. The Kier molecular flexibility index (Phi) is 7.78. The van der Waals surface area contributed by atoms with Crippen LogP contribution in [0, 0.1) is 0 Å². The van der Waals surface area contributed by atoms with Gasteiger partial charge in [0.2, 0.25) is 5.91 Å². The van der Waals surface area contributed by atoms with Crippen LogP contribution in [-0.2, 0) is 11.2 Å². The Bertz CT molecular complexity index is 1080. The molecule has 7 heteroatoms. The molecule has 3 aromatic rings. The Morgan fingerprint density at radius 2 is 1.94 bits per heavy atom. The third-order valence-electron chi connectivity index (χ3n) is 5.48. The van der Waals surface area contributed by atoms with Gasteiger partial charge in [-0.3, -0.25) is 14.5 Å². The maximum absolute atomic E-state index is 12.5. The van der Waals surface area contributed by atoms with E-state index in [-0.39, 0.29) is 23.9 Å². The first-order valence-corrected chi connectivity index (χ1v) is 10.7. The van der Waals surface area contributed by atoms with Crippen LogP contribution < -0.4 is 15.6 Å². The van der Waals surface area contributed by atoms with Crippen molar-refractivity contribution < 1.29 is 9.53 Å². The van der Waals surface area contributed by atoms with E-state index in [9.17, 15) is 9.59 Å². The number of carbonyl (C=O) groups is 1. The molecule has 1 atom stereocenters. The quantitative estimate of drug-likeness (QED) is 0.524. The number of rotatable bonds is 10. The summed E-state index contributed by atoms with van der Waals surface area (Å²) in [4.78, 5) is 34.3. The summed E-state index contributed by atoms with van der Waals surface area (Å²) in [6.45, 7) is 6.46. The lowest BCUT2D eigenvalue weighted by atomic mass is 10.0. The Balaban J connectivity index is 1.65. The third kappa shape index (κ3) is 5.70. The highest BCUT2D eigenvalue weighted by molar-refractivity contribution is 5.78. The number of likely N-dealkylation sites (N-methyl/N-ethyl adjacent to an activating group) is 1. The lowest BCUT2D eigenvalue weighted by Crippen LogP contribution is -2.38. The molecule has 0 radical (unpaired) electrons. The average molecular weight is 423 g/mol. The minimum atomic E-state index is -0.180. The van der Waals surface area contributed by atoms with E-state index in [0.29, 0.717) is 29.7 Å². The van der Waals surface area contributed by atoms with E-state index in [0.717, 1.165) is 24.4 Å². The largest absolute Gasteiger partial charge is 0.497 e. The first-order valence-electron chi connectivity index (χ1n) is 10.7. The number of nitrogens with zero attached hydrogens (tertiary/aromatic N) is 2. The number of fused-ring (bicyclic) bond motifs is 1. The summed E-state index contributed by atoms with van der Waals surface area (Å²) in [5.41, 5.74) is 1.56. The molecule has 0 saturated heterocycles. The Labute approximate surface area is 182 Å². The van der Waals surface area contributed by atoms with Crippen molar-refractivity contribution in [2.45, 2.75) is 32.7 Å². The zero-order valence-corrected chi connectivity index (χ0v) is 18.4. The fourth-order valence-corrected chi connectivity index (χ4v) is 3.76. The smallest absolute Gasteiger partial charge is 0.258 e. The molecule has 2 N–H and O–H groups in total. The number of ether oxygens (including phenoxy) is 1. The number of aryl methyl sites for hydroxylation is 1. The van der Waals surface area contributed by atoms with E-state index < -0.39 is 0 Å². The van der Waals surface area contributed by atoms with Crippen LogP contribution in [0.3, 0.4) is 0 Å². The molecule has 0 spiro atoms. The van der Waals surface area contributed by atoms with Gasteiger partial charge in [0, 0.05) is 19.4 Å². The number of nitrogens with one attached hydrogen (secondary N) is 2. The van der Waals surface area contributed by atoms with Crippen molar-refractivity contribution >= 4 is 16.8 Å². The number of aromatic amines is 1. The van der Waals surface area contributed by atoms with Gasteiger partial charge in [-0.15, -0.1) is 0 Å². The molecule has 31 heavy (non-hydrogen) atoms. The molecule has 1 amide bonds. The van der Waals surface area contributed by atoms with Gasteiger partial charge < -0.3 is 15.0 Å². The van der Waals surface area contributed by atoms with Crippen molar-refractivity contribution in [3.8, 4) is 5.75 Å². The Morgan fingerprint density at radius 3 is 2.68 bits per heavy atom. The molecular weight excluding hydrogens is 392 g/mol. The number of hydrogen-bond acceptors (Lipinski definition) is 5. The van der Waals surface area contributed by atoms with Crippen molar-refractivity contribution in [1.29, 1.82) is 0 Å². The summed E-state index contributed by atoms with van der Waals surface area (Å²) in [7, 11) is 1.65. The highest BCUT2D eigenvalue weighted by atomic mass is 16.5. The molecule has 164 valence electrons. The number of hydrogen-bond donors (Lipinski definition) is 2. The standard InChI is InChI=1S/C24H30N4O3/c1-4-28(5-2)21(17-9-8-10-18(15-17)31-3)16-25-23(29)14-13-22-26-20-12-7-6-11-19(20)24(30)27-22/h6-12,15,21H,4-5,13-14,16H2,1-3H3,(H,25,29)(H,26,27,30). The van der Waals surface area contributed by atoms with E-state index in [4.69, 9.17) is 4.74 Å². The number of methoxy groups -OCH3 is 1. The molecule has 7 nitrogen and oxygen atoms in total. The fourth-order valence-electron chi connectivity index (χ4n) is 3.76. The van der Waals surface area contributed by atoms with Gasteiger partial charge in [-0.25, -0.2) is 4.98 Å². The number of amides is 1. The number of H-pyrrole nitrogens is 1. The maximum Gasteiger partial charge on any atom is 0.258 e. The first kappa shape index (κ1) is 22.5. The van der Waals surface area contributed by atoms with Gasteiger partial charge in [-0.2, -0.15) is 0 Å². The number of carbonyl (C=O) groups excluding carboxylic acids is 1. The summed E-state index contributed by atoms with van der Waals surface area (Å²) < 4.78 is 5.36. The monoisotopic (exact) mass is 422 g/mol. The second-order valence-electron chi connectivity index (χ2n) is 7.35. The van der Waals surface area contributed by atoms with E-state index in [1.165, 1.54) is 0 Å². The lowest BCUT2D eigenvalue weighted by molar-refractivity contribution is -0.121. The molecule has 0 aliphatic carbocycles. The molecule has 1 aromatic heterocycles. The second-order valence-corrected chi connectivity index (χ2v) is 7.35. The zero-order chi connectivity index (χ0) is 22.2. The van der Waals surface area contributed by atoms with Gasteiger partial charge in [0.1, 0.15) is 11.6 Å². The van der Waals surface area contributed by atoms with Crippen LogP contribution >= 0.6 is 0 Å². The summed E-state index contributed by atoms with van der Waals surface area (Å²) >= 11 is 0. The van der Waals surface area contributed by atoms with Crippen LogP contribution in [0.4, 0.5) is 0 Å². The van der Waals surface area contributed by atoms with E-state index in [2.05, 4.69) is 40.1 Å². The van der Waals surface area contributed by atoms with Crippen molar-refractivity contribution in [3.63, 3.8) is 0 Å². The minimum absolute atomic E-state index is 0.0488. The molecule has 1 unspecified atom stereocenters. The number of para-hydroxylation sites is 1. The number of aromatic nitrogens is 2. The van der Waals surface area contributed by atoms with Crippen LogP contribution in [0.25, 0.3) is 10.9 Å². The molecule has 1 heterocycles. The van der Waals surface area contributed by atoms with Gasteiger partial charge in [0.05, 0.1) is 24.1 Å². The molecule has 0 aliphatic heterocycles. The molecule has 2 aromatic carbocycles. The highest BCUT2D eigenvalue weighted by Crippen LogP contribution is 2.23. The first-order chi connectivity index (χ1) is 15.0. The third-order valence-corrected chi connectivity index (χ3v) is 5.48. The van der Waals surface area contributed by atoms with Crippen LogP contribution in [0.15, 0.2) is 53.3 Å². The van der Waals surface area contributed by atoms with E-state index >= 15 is 0 Å². The fraction of sp³-hybridized carbons (Fsp3) is 0.375. The van der Waals surface area contributed by atoms with Crippen molar-refractivity contribution in [2.75, 3.05) is 26.7 Å². The maximum atomic E-state index is 12.5. The SMILES string of the molecule is CCN(CC)C(CNC(=O)CCc1nc2ccccc2c(=O)[nH]1)c1cccc(OC)c1. The number of benzene rings is 2. The van der Waals surface area contributed by atoms with Crippen molar-refractivity contribution in [3.05, 3.63) is 70.3 Å². The predicted molar refractivity (Wildman–Crippen MR) is 122 cm³/mol. The van der Waals surface area contributed by atoms with Gasteiger partial charge in [-0.05, 0) is 42.9 Å². The van der Waals surface area contributed by atoms with Crippen molar-refractivity contribution in [1.82, 2.24) is 20.2 Å². The molecule has 0 bridgehead atoms. The molecular formula is C24H30N4O3. The van der Waals surface area contributed by atoms with Gasteiger partial charge in [0.25, 0.3) is 5.56 Å². The summed E-state index contributed by atoms with van der Waals surface area (Å²) in [6.07, 6.45) is 0.630. The van der Waals surface area contributed by atoms with Gasteiger partial charge in [-0.1, -0.05) is 38.1 Å². The summed E-state index contributed by atoms with van der Waals surface area (Å²) in [6, 6.07) is 15.2. The average Bonchev–Trinajstić information content (AvgIpc) is 2.80. The van der Waals surface area contributed by atoms with Crippen LogP contribution in [-0.4, -0.2) is 47.5 Å². The molecule has 0 aliphatic rings. The molecule has 3 rings (SSSR count). The molecule has 0 saturated carbocycles. The van der Waals surface area contributed by atoms with Gasteiger partial charge in [0.15, 0.2) is 0 Å². The summed E-state index contributed by atoms with van der Waals surface area (Å²) in [5, 5.41) is 3.60. The van der Waals surface area contributed by atoms with Crippen LogP contribution in [0.1, 0.15) is 37.7 Å². The Morgan fingerprint density at radius 1 is 1.16 bits per heavy atom. The van der Waals surface area contributed by atoms with Crippen LogP contribution in [0.2, 0.25) is 0 Å². The predicted octanol–water partition coefficient (Wildman–Crippen LogP) is 3.06. The van der Waals surface area contributed by atoms with Gasteiger partial charge >= 0.3 is 0 Å². The van der Waals surface area contributed by atoms with Crippen molar-refractivity contribution in [2.24, 2.45) is 0 Å². The van der Waals surface area contributed by atoms with E-state index in [1.54, 1.807) is 25.3 Å². The van der Waals surface area contributed by atoms with Crippen LogP contribution in [0.5, 0.6) is 5.75 Å². The zero-order valence-electron chi connectivity index (χ0n) is 18.4. The lowest BCUT2D eigenvalue weighted by Gasteiger charge is -2.30. The minimum Gasteiger partial charge on any atom is -0.497 e. The van der Waals surface area contributed by atoms with E-state index in [1.807, 2.05) is 24.3 Å². The molecule has 0 fully saturated rings. The Hall–Kier alpha value is -3.19. The topological polar surface area (TPSA) is 87.3 Å². The summed E-state index contributed by atoms with van der Waals surface area (Å²) in [5.74, 6) is 1.25. The highest BCUT2D eigenvalue weighted by Gasteiger charge is 2.19.